The summed E-state index contributed by atoms with van der Waals surface area (Å²) in [6.45, 7) is 6.85. The fourth-order valence-electron chi connectivity index (χ4n) is 1.97. The van der Waals surface area contributed by atoms with Gasteiger partial charge in [-0.3, -0.25) is 0 Å². The van der Waals surface area contributed by atoms with E-state index >= 15 is 0 Å². The summed E-state index contributed by atoms with van der Waals surface area (Å²) < 4.78 is 0. The van der Waals surface area contributed by atoms with Crippen LogP contribution < -0.4 is 10.6 Å². The predicted octanol–water partition coefficient (Wildman–Crippen LogP) is 1.60. The molecule has 0 aliphatic carbocycles. The van der Waals surface area contributed by atoms with E-state index < -0.39 is 0 Å². The number of hydrogen-bond acceptors (Lipinski definition) is 2. The van der Waals surface area contributed by atoms with Crippen LogP contribution in [-0.4, -0.2) is 26.2 Å². The van der Waals surface area contributed by atoms with Crippen LogP contribution in [0.5, 0.6) is 0 Å². The Morgan fingerprint density at radius 3 is 2.44 bits per heavy atom. The maximum atomic E-state index is 3.52. The fourth-order valence-corrected chi connectivity index (χ4v) is 1.97. The Hall–Kier alpha value is -0.860. The molecule has 1 fully saturated rings. The Kier molecular flexibility index (Phi) is 4.37. The van der Waals surface area contributed by atoms with Gasteiger partial charge in [-0.05, 0) is 36.4 Å². The van der Waals surface area contributed by atoms with Gasteiger partial charge in [-0.25, -0.2) is 0 Å². The zero-order valence-corrected chi connectivity index (χ0v) is 10.1. The molecule has 0 atom stereocenters. The van der Waals surface area contributed by atoms with Gasteiger partial charge in [0.2, 0.25) is 0 Å². The lowest BCUT2D eigenvalue weighted by molar-refractivity contribution is 0.333. The SMILES string of the molecule is CCc1ccc(CCNCC2CNC2)cc1. The second kappa shape index (κ2) is 6.02. The molecule has 1 aromatic rings. The van der Waals surface area contributed by atoms with E-state index in [-0.39, 0.29) is 0 Å². The van der Waals surface area contributed by atoms with Crippen LogP contribution in [0.4, 0.5) is 0 Å². The first-order valence-corrected chi connectivity index (χ1v) is 6.37. The Morgan fingerprint density at radius 2 is 1.88 bits per heavy atom. The van der Waals surface area contributed by atoms with Gasteiger partial charge in [0.05, 0.1) is 0 Å². The van der Waals surface area contributed by atoms with Crippen molar-refractivity contribution in [3.63, 3.8) is 0 Å². The summed E-state index contributed by atoms with van der Waals surface area (Å²) >= 11 is 0. The van der Waals surface area contributed by atoms with Crippen LogP contribution in [0.15, 0.2) is 24.3 Å². The highest BCUT2D eigenvalue weighted by Crippen LogP contribution is 2.05. The van der Waals surface area contributed by atoms with Crippen molar-refractivity contribution >= 4 is 0 Å². The molecule has 1 saturated heterocycles. The minimum atomic E-state index is 0.863. The molecule has 0 saturated carbocycles. The van der Waals surface area contributed by atoms with Crippen LogP contribution in [0.25, 0.3) is 0 Å². The molecule has 88 valence electrons. The van der Waals surface area contributed by atoms with E-state index in [1.807, 2.05) is 0 Å². The molecule has 0 spiro atoms. The second-order valence-electron chi connectivity index (χ2n) is 4.65. The molecule has 1 aromatic carbocycles. The summed E-state index contributed by atoms with van der Waals surface area (Å²) in [5.41, 5.74) is 2.87. The van der Waals surface area contributed by atoms with Crippen LogP contribution in [0, 0.1) is 5.92 Å². The summed E-state index contributed by atoms with van der Waals surface area (Å²) in [6.07, 6.45) is 2.28. The molecule has 2 heteroatoms. The van der Waals surface area contributed by atoms with Gasteiger partial charge in [-0.2, -0.15) is 0 Å². The van der Waals surface area contributed by atoms with Crippen LogP contribution in [0.3, 0.4) is 0 Å². The maximum absolute atomic E-state index is 3.52. The van der Waals surface area contributed by atoms with E-state index in [9.17, 15) is 0 Å². The molecule has 1 aliphatic heterocycles. The largest absolute Gasteiger partial charge is 0.316 e. The summed E-state index contributed by atoms with van der Waals surface area (Å²) in [7, 11) is 0. The topological polar surface area (TPSA) is 24.1 Å². The lowest BCUT2D eigenvalue weighted by Crippen LogP contribution is -2.47. The predicted molar refractivity (Wildman–Crippen MR) is 68.8 cm³/mol. The minimum absolute atomic E-state index is 0.863. The first-order valence-electron chi connectivity index (χ1n) is 6.37. The van der Waals surface area contributed by atoms with Gasteiger partial charge in [-0.15, -0.1) is 0 Å². The van der Waals surface area contributed by atoms with Crippen molar-refractivity contribution in [2.75, 3.05) is 26.2 Å². The smallest absolute Gasteiger partial charge is 0.000394 e. The highest BCUT2D eigenvalue weighted by Gasteiger charge is 2.14. The normalized spacial score (nSPS) is 16.1. The molecule has 16 heavy (non-hydrogen) atoms. The maximum Gasteiger partial charge on any atom is 0.000394 e. The highest BCUT2D eigenvalue weighted by molar-refractivity contribution is 5.22. The van der Waals surface area contributed by atoms with E-state index in [0.717, 1.165) is 25.3 Å². The molecule has 0 aromatic heterocycles. The van der Waals surface area contributed by atoms with Gasteiger partial charge >= 0.3 is 0 Å². The molecule has 2 rings (SSSR count). The fraction of sp³-hybridized carbons (Fsp3) is 0.571. The third-order valence-electron chi connectivity index (χ3n) is 3.32. The lowest BCUT2D eigenvalue weighted by Gasteiger charge is -2.27. The first kappa shape index (κ1) is 11.6. The van der Waals surface area contributed by atoms with Crippen molar-refractivity contribution in [3.05, 3.63) is 35.4 Å². The van der Waals surface area contributed by atoms with Crippen molar-refractivity contribution in [1.29, 1.82) is 0 Å². The molecule has 0 unspecified atom stereocenters. The van der Waals surface area contributed by atoms with Crippen LogP contribution >= 0.6 is 0 Å². The Morgan fingerprint density at radius 1 is 1.19 bits per heavy atom. The monoisotopic (exact) mass is 218 g/mol. The van der Waals surface area contributed by atoms with Crippen molar-refractivity contribution in [3.8, 4) is 0 Å². The average Bonchev–Trinajstić information content (AvgIpc) is 2.27. The molecule has 0 amide bonds. The molecule has 2 N–H and O–H groups in total. The number of benzene rings is 1. The van der Waals surface area contributed by atoms with Crippen molar-refractivity contribution < 1.29 is 0 Å². The zero-order chi connectivity index (χ0) is 11.2. The standard InChI is InChI=1S/C14H22N2/c1-2-12-3-5-13(6-4-12)7-8-15-9-14-10-16-11-14/h3-6,14-16H,2,7-11H2,1H3. The van der Waals surface area contributed by atoms with Crippen LogP contribution in [0.2, 0.25) is 0 Å². The molecule has 1 heterocycles. The Balaban J connectivity index is 1.64. The van der Waals surface area contributed by atoms with Crippen molar-refractivity contribution in [2.24, 2.45) is 5.92 Å². The Labute approximate surface area is 98.4 Å². The average molecular weight is 218 g/mol. The zero-order valence-electron chi connectivity index (χ0n) is 10.1. The third-order valence-corrected chi connectivity index (χ3v) is 3.32. The third kappa shape index (κ3) is 3.32. The quantitative estimate of drug-likeness (QED) is 0.709. The van der Waals surface area contributed by atoms with Crippen molar-refractivity contribution in [1.82, 2.24) is 10.6 Å². The van der Waals surface area contributed by atoms with E-state index in [0.29, 0.717) is 0 Å². The number of rotatable bonds is 6. The lowest BCUT2D eigenvalue weighted by atomic mass is 10.0. The van der Waals surface area contributed by atoms with E-state index in [4.69, 9.17) is 0 Å². The van der Waals surface area contributed by atoms with Gasteiger partial charge < -0.3 is 10.6 Å². The van der Waals surface area contributed by atoms with E-state index in [1.165, 1.54) is 30.8 Å². The summed E-state index contributed by atoms with van der Waals surface area (Å²) in [4.78, 5) is 0. The summed E-state index contributed by atoms with van der Waals surface area (Å²) in [6, 6.07) is 8.99. The van der Waals surface area contributed by atoms with Gasteiger partial charge in [0.15, 0.2) is 0 Å². The highest BCUT2D eigenvalue weighted by atomic mass is 15.0. The summed E-state index contributed by atoms with van der Waals surface area (Å²) in [5.74, 6) is 0.863. The number of hydrogen-bond donors (Lipinski definition) is 2. The van der Waals surface area contributed by atoms with E-state index in [1.54, 1.807) is 0 Å². The molecule has 1 aliphatic rings. The molecular weight excluding hydrogens is 196 g/mol. The molecular formula is C14H22N2. The molecule has 0 bridgehead atoms. The van der Waals surface area contributed by atoms with Crippen LogP contribution in [0.1, 0.15) is 18.1 Å². The number of nitrogens with one attached hydrogen (secondary N) is 2. The minimum Gasteiger partial charge on any atom is -0.316 e. The van der Waals surface area contributed by atoms with Gasteiger partial charge in [0, 0.05) is 19.6 Å². The van der Waals surface area contributed by atoms with Gasteiger partial charge in [0.25, 0.3) is 0 Å². The first-order chi connectivity index (χ1) is 7.88. The molecule has 0 radical (unpaired) electrons. The van der Waals surface area contributed by atoms with E-state index in [2.05, 4.69) is 41.8 Å². The second-order valence-corrected chi connectivity index (χ2v) is 4.65. The van der Waals surface area contributed by atoms with Gasteiger partial charge in [0.1, 0.15) is 0 Å². The summed E-state index contributed by atoms with van der Waals surface area (Å²) in [5, 5.41) is 6.82. The van der Waals surface area contributed by atoms with Gasteiger partial charge in [-0.1, -0.05) is 31.2 Å². The Bertz CT molecular complexity index is 301. The van der Waals surface area contributed by atoms with Crippen molar-refractivity contribution in [2.45, 2.75) is 19.8 Å². The molecule has 2 nitrogen and oxygen atoms in total. The number of aryl methyl sites for hydroxylation is 1. The van der Waals surface area contributed by atoms with Crippen LogP contribution in [-0.2, 0) is 12.8 Å².